The molecule has 0 radical (unpaired) electrons. The lowest BCUT2D eigenvalue weighted by Gasteiger charge is -2.33. The lowest BCUT2D eigenvalue weighted by molar-refractivity contribution is -0.376. The maximum atomic E-state index is 12.9. The number of hydrogen-bond donors (Lipinski definition) is 2. The second kappa shape index (κ2) is 4.66. The standard InChI is InChI=1S/C11H9F6N3O2/c1-22-8-5(2-3-20-7(8)6(18)4-19-20)9(21,10(12,13)14)11(15,16)17/h2-4,21H,18H2,1H3. The van der Waals surface area contributed by atoms with Gasteiger partial charge in [0, 0.05) is 11.8 Å². The number of rotatable bonds is 2. The molecule has 0 aliphatic carbocycles. The molecule has 0 atom stereocenters. The quantitative estimate of drug-likeness (QED) is 0.829. The number of halogens is 6. The number of fused-ring (bicyclic) bond motifs is 1. The SMILES string of the molecule is COc1c(C(O)(C(F)(F)F)C(F)(F)F)ccn2ncc(N)c12. The van der Waals surface area contributed by atoms with Gasteiger partial charge in [-0.2, -0.15) is 31.4 Å². The molecular weight excluding hydrogens is 320 g/mol. The largest absolute Gasteiger partial charge is 0.494 e. The van der Waals surface area contributed by atoms with Gasteiger partial charge in [-0.05, 0) is 6.07 Å². The maximum absolute atomic E-state index is 12.9. The van der Waals surface area contributed by atoms with Gasteiger partial charge in [0.2, 0.25) is 0 Å². The van der Waals surface area contributed by atoms with Crippen LogP contribution in [0.1, 0.15) is 5.56 Å². The van der Waals surface area contributed by atoms with Crippen LogP contribution in [-0.4, -0.2) is 34.2 Å². The van der Waals surface area contributed by atoms with Crippen molar-refractivity contribution < 1.29 is 36.2 Å². The molecule has 0 aliphatic rings. The fraction of sp³-hybridized carbons (Fsp3) is 0.364. The number of hydrogen-bond acceptors (Lipinski definition) is 4. The van der Waals surface area contributed by atoms with E-state index in [1.54, 1.807) is 0 Å². The Labute approximate surface area is 118 Å². The van der Waals surface area contributed by atoms with Crippen molar-refractivity contribution in [1.82, 2.24) is 9.61 Å². The van der Waals surface area contributed by atoms with Gasteiger partial charge in [0.1, 0.15) is 5.52 Å². The lowest BCUT2D eigenvalue weighted by atomic mass is 9.91. The molecule has 122 valence electrons. The number of alkyl halides is 6. The summed E-state index contributed by atoms with van der Waals surface area (Å²) in [6, 6.07) is 0.430. The van der Waals surface area contributed by atoms with E-state index in [-0.39, 0.29) is 11.2 Å². The average Bonchev–Trinajstić information content (AvgIpc) is 2.76. The van der Waals surface area contributed by atoms with Gasteiger partial charge >= 0.3 is 12.4 Å². The summed E-state index contributed by atoms with van der Waals surface area (Å²) in [7, 11) is 0.860. The van der Waals surface area contributed by atoms with E-state index in [2.05, 4.69) is 9.84 Å². The Kier molecular flexibility index (Phi) is 3.43. The van der Waals surface area contributed by atoms with Gasteiger partial charge in [-0.3, -0.25) is 0 Å². The number of nitrogen functional groups attached to an aromatic ring is 1. The Morgan fingerprint density at radius 1 is 1.18 bits per heavy atom. The predicted molar refractivity (Wildman–Crippen MR) is 62.2 cm³/mol. The second-order valence-corrected chi connectivity index (χ2v) is 4.36. The summed E-state index contributed by atoms with van der Waals surface area (Å²) in [5, 5.41) is 13.1. The third-order valence-electron chi connectivity index (χ3n) is 3.08. The normalized spacial score (nSPS) is 13.6. The van der Waals surface area contributed by atoms with Crippen LogP contribution in [0.15, 0.2) is 18.5 Å². The zero-order valence-electron chi connectivity index (χ0n) is 10.8. The van der Waals surface area contributed by atoms with Gasteiger partial charge in [0.05, 0.1) is 19.0 Å². The van der Waals surface area contributed by atoms with Crippen molar-refractivity contribution in [2.45, 2.75) is 18.0 Å². The number of aliphatic hydroxyl groups is 1. The summed E-state index contributed by atoms with van der Waals surface area (Å²) < 4.78 is 83.3. The van der Waals surface area contributed by atoms with Crippen molar-refractivity contribution in [3.8, 4) is 5.75 Å². The van der Waals surface area contributed by atoms with Gasteiger partial charge in [-0.15, -0.1) is 0 Å². The second-order valence-electron chi connectivity index (χ2n) is 4.36. The van der Waals surface area contributed by atoms with Gasteiger partial charge < -0.3 is 15.6 Å². The smallest absolute Gasteiger partial charge is 0.430 e. The fourth-order valence-electron chi connectivity index (χ4n) is 2.03. The molecule has 2 aromatic heterocycles. The van der Waals surface area contributed by atoms with E-state index < -0.39 is 29.3 Å². The molecule has 0 aromatic carbocycles. The average molecular weight is 329 g/mol. The summed E-state index contributed by atoms with van der Waals surface area (Å²) in [6.45, 7) is 0. The molecule has 2 rings (SSSR count). The lowest BCUT2D eigenvalue weighted by Crippen LogP contribution is -2.54. The highest BCUT2D eigenvalue weighted by molar-refractivity contribution is 5.78. The van der Waals surface area contributed by atoms with Crippen LogP contribution in [0.3, 0.4) is 0 Å². The third-order valence-corrected chi connectivity index (χ3v) is 3.08. The minimum atomic E-state index is -6.02. The molecule has 11 heteroatoms. The molecule has 3 N–H and O–H groups in total. The fourth-order valence-corrected chi connectivity index (χ4v) is 2.03. The van der Waals surface area contributed by atoms with E-state index in [4.69, 9.17) is 5.73 Å². The van der Waals surface area contributed by atoms with Crippen molar-refractivity contribution in [3.05, 3.63) is 24.0 Å². The van der Waals surface area contributed by atoms with Gasteiger partial charge in [-0.25, -0.2) is 4.52 Å². The topological polar surface area (TPSA) is 72.8 Å². The number of ether oxygens (including phenoxy) is 1. The number of pyridine rings is 1. The Morgan fingerprint density at radius 2 is 1.73 bits per heavy atom. The molecule has 0 saturated heterocycles. The van der Waals surface area contributed by atoms with Crippen LogP contribution in [0.25, 0.3) is 5.52 Å². The molecule has 0 unspecified atom stereocenters. The minimum Gasteiger partial charge on any atom is -0.494 e. The molecular formula is C11H9F6N3O2. The van der Waals surface area contributed by atoms with E-state index in [1.165, 1.54) is 0 Å². The Balaban J connectivity index is 2.89. The number of nitrogens with two attached hydrogens (primary N) is 1. The number of nitrogens with zero attached hydrogens (tertiary/aromatic N) is 2. The van der Waals surface area contributed by atoms with Crippen molar-refractivity contribution in [2.75, 3.05) is 12.8 Å². The zero-order valence-corrected chi connectivity index (χ0v) is 10.8. The highest BCUT2D eigenvalue weighted by Crippen LogP contribution is 2.53. The predicted octanol–water partition coefficient (Wildman–Crippen LogP) is 2.24. The Hall–Kier alpha value is -2.17. The number of anilines is 1. The molecule has 2 heterocycles. The van der Waals surface area contributed by atoms with Crippen molar-refractivity contribution >= 4 is 11.2 Å². The molecule has 0 saturated carbocycles. The number of methoxy groups -OCH3 is 1. The van der Waals surface area contributed by atoms with Gasteiger partial charge in [0.15, 0.2) is 5.75 Å². The van der Waals surface area contributed by atoms with Crippen LogP contribution in [0.4, 0.5) is 32.0 Å². The van der Waals surface area contributed by atoms with Crippen LogP contribution >= 0.6 is 0 Å². The van der Waals surface area contributed by atoms with E-state index in [0.717, 1.165) is 24.0 Å². The van der Waals surface area contributed by atoms with Crippen molar-refractivity contribution in [1.29, 1.82) is 0 Å². The molecule has 2 aromatic rings. The highest BCUT2D eigenvalue weighted by Gasteiger charge is 2.72. The van der Waals surface area contributed by atoms with E-state index in [0.29, 0.717) is 6.07 Å². The summed E-state index contributed by atoms with van der Waals surface area (Å²) in [5.41, 5.74) is -1.67. The van der Waals surface area contributed by atoms with Crippen molar-refractivity contribution in [2.24, 2.45) is 0 Å². The first-order valence-corrected chi connectivity index (χ1v) is 5.61. The van der Waals surface area contributed by atoms with Crippen LogP contribution in [-0.2, 0) is 5.60 Å². The summed E-state index contributed by atoms with van der Waals surface area (Å²) in [4.78, 5) is 0. The molecule has 0 spiro atoms. The molecule has 0 bridgehead atoms. The van der Waals surface area contributed by atoms with Crippen LogP contribution in [0.2, 0.25) is 0 Å². The number of aromatic nitrogens is 2. The van der Waals surface area contributed by atoms with Crippen LogP contribution in [0.5, 0.6) is 5.75 Å². The van der Waals surface area contributed by atoms with E-state index in [9.17, 15) is 31.4 Å². The van der Waals surface area contributed by atoms with Crippen molar-refractivity contribution in [3.63, 3.8) is 0 Å². The van der Waals surface area contributed by atoms with Gasteiger partial charge in [0.25, 0.3) is 5.60 Å². The molecule has 5 nitrogen and oxygen atoms in total. The Bertz CT molecular complexity index is 692. The minimum absolute atomic E-state index is 0.203. The first-order valence-electron chi connectivity index (χ1n) is 5.61. The first-order chi connectivity index (χ1) is 9.95. The first kappa shape index (κ1) is 16.2. The molecule has 0 aliphatic heterocycles. The summed E-state index contributed by atoms with van der Waals surface area (Å²) >= 11 is 0. The Morgan fingerprint density at radius 3 is 2.18 bits per heavy atom. The maximum Gasteiger partial charge on any atom is 0.430 e. The van der Waals surface area contributed by atoms with Crippen LogP contribution < -0.4 is 10.5 Å². The van der Waals surface area contributed by atoms with Gasteiger partial charge in [-0.1, -0.05) is 0 Å². The van der Waals surface area contributed by atoms with E-state index in [1.807, 2.05) is 0 Å². The zero-order chi connectivity index (χ0) is 16.9. The summed E-state index contributed by atoms with van der Waals surface area (Å²) in [5.74, 6) is -0.866. The highest BCUT2D eigenvalue weighted by atomic mass is 19.4. The van der Waals surface area contributed by atoms with E-state index >= 15 is 0 Å². The monoisotopic (exact) mass is 329 g/mol. The third kappa shape index (κ3) is 2.03. The summed E-state index contributed by atoms with van der Waals surface area (Å²) in [6.07, 6.45) is -10.2. The molecule has 0 amide bonds. The van der Waals surface area contributed by atoms with Crippen LogP contribution in [0, 0.1) is 0 Å². The molecule has 22 heavy (non-hydrogen) atoms. The molecule has 0 fully saturated rings.